The molecule has 1 heterocycles. The summed E-state index contributed by atoms with van der Waals surface area (Å²) in [6.07, 6.45) is 0.864. The number of nitrogens with one attached hydrogen (secondary N) is 2. The number of aromatic nitrogens is 1. The van der Waals surface area contributed by atoms with E-state index in [0.717, 1.165) is 33.8 Å². The molecule has 0 spiro atoms. The summed E-state index contributed by atoms with van der Waals surface area (Å²) in [5.41, 5.74) is 7.61. The molecule has 5 N–H and O–H groups in total. The predicted molar refractivity (Wildman–Crippen MR) is 141 cm³/mol. The number of carboxylic acid groups (broad SMARTS) is 1. The molecule has 0 unspecified atom stereocenters. The van der Waals surface area contributed by atoms with E-state index in [0.29, 0.717) is 30.4 Å². The minimum absolute atomic E-state index is 0.262. The molecule has 188 valence electrons. The molecule has 4 aromatic rings. The minimum atomic E-state index is -1.20. The van der Waals surface area contributed by atoms with Crippen molar-refractivity contribution in [2.24, 2.45) is 0 Å². The molecule has 0 aliphatic carbocycles. The second-order valence-electron chi connectivity index (χ2n) is 8.63. The van der Waals surface area contributed by atoms with Crippen molar-refractivity contribution in [3.8, 4) is 17.2 Å². The van der Waals surface area contributed by atoms with Gasteiger partial charge in [0.2, 0.25) is 5.89 Å². The van der Waals surface area contributed by atoms with Crippen molar-refractivity contribution in [3.63, 3.8) is 0 Å². The van der Waals surface area contributed by atoms with E-state index in [9.17, 15) is 9.90 Å². The Labute approximate surface area is 215 Å². The highest BCUT2D eigenvalue weighted by atomic mass is 16.5. The van der Waals surface area contributed by atoms with Crippen LogP contribution in [0.1, 0.15) is 22.6 Å². The fraction of sp³-hybridized carbons (Fsp3) is 0.172. The van der Waals surface area contributed by atoms with E-state index in [1.807, 2.05) is 92.7 Å². The summed E-state index contributed by atoms with van der Waals surface area (Å²) in [6.45, 7) is 4.29. The van der Waals surface area contributed by atoms with E-state index in [2.05, 4.69) is 15.5 Å². The van der Waals surface area contributed by atoms with Gasteiger partial charge in [-0.25, -0.2) is 15.2 Å². The molecule has 1 aromatic heterocycles. The van der Waals surface area contributed by atoms with Crippen LogP contribution in [-0.4, -0.2) is 34.1 Å². The molecule has 0 aliphatic rings. The minimum Gasteiger partial charge on any atom is -0.493 e. The number of nitrogens with two attached hydrogens (primary N) is 1. The first kappa shape index (κ1) is 25.4. The van der Waals surface area contributed by atoms with Crippen LogP contribution in [0.15, 0.2) is 83.3 Å². The summed E-state index contributed by atoms with van der Waals surface area (Å²) in [5, 5.41) is 18.3. The van der Waals surface area contributed by atoms with Crippen LogP contribution in [0.4, 0.5) is 5.69 Å². The first-order valence-electron chi connectivity index (χ1n) is 11.9. The highest BCUT2D eigenvalue weighted by Crippen LogP contribution is 2.22. The highest BCUT2D eigenvalue weighted by Gasteiger charge is 2.27. The third-order valence-electron chi connectivity index (χ3n) is 5.73. The fourth-order valence-electron chi connectivity index (χ4n) is 3.79. The maximum Gasteiger partial charge on any atom is 0.407 e. The van der Waals surface area contributed by atoms with Crippen molar-refractivity contribution in [1.29, 1.82) is 0 Å². The van der Waals surface area contributed by atoms with E-state index in [-0.39, 0.29) is 12.1 Å². The number of anilines is 1. The van der Waals surface area contributed by atoms with Crippen LogP contribution in [-0.2, 0) is 17.6 Å². The number of rotatable bonds is 11. The number of carboxylic acids is 1. The average Bonchev–Trinajstić information content (AvgIpc) is 3.27. The Morgan fingerprint density at radius 1 is 1.05 bits per heavy atom. The van der Waals surface area contributed by atoms with E-state index < -0.39 is 5.97 Å². The first-order valence-corrected chi connectivity index (χ1v) is 11.9. The monoisotopic (exact) mass is 498 g/mol. The number of benzene rings is 3. The summed E-state index contributed by atoms with van der Waals surface area (Å²) < 4.78 is 11.8. The topological polar surface area (TPSA) is 124 Å². The van der Waals surface area contributed by atoms with Gasteiger partial charge in [0.25, 0.3) is 5.71 Å². The number of nitrogens with zero attached hydrogens (tertiary/aromatic N) is 1. The quantitative estimate of drug-likeness (QED) is 0.185. The summed E-state index contributed by atoms with van der Waals surface area (Å²) in [7, 11) is 0. The number of oxazole rings is 1. The lowest BCUT2D eigenvalue weighted by atomic mass is 10.0. The van der Waals surface area contributed by atoms with Crippen LogP contribution in [0.2, 0.25) is 0 Å². The van der Waals surface area contributed by atoms with Crippen molar-refractivity contribution in [2.75, 3.05) is 12.0 Å². The third-order valence-corrected chi connectivity index (χ3v) is 5.73. The normalized spacial score (nSPS) is 11.2. The molecule has 0 saturated carbocycles. The van der Waals surface area contributed by atoms with Crippen molar-refractivity contribution in [3.05, 3.63) is 101 Å². The van der Waals surface area contributed by atoms with Crippen LogP contribution in [0.25, 0.3) is 11.5 Å². The van der Waals surface area contributed by atoms with Gasteiger partial charge in [-0.3, -0.25) is 0 Å². The SMILES string of the molecule is Cc1cccc(N/[NH+]=C(/Cc2cccc(OCCc3nc(-c4ccccc4)oc3C)c2)C(=[NH2+])C(=O)O)c1. The Kier molecular flexibility index (Phi) is 8.10. The van der Waals surface area contributed by atoms with Crippen molar-refractivity contribution >= 4 is 23.1 Å². The van der Waals surface area contributed by atoms with Gasteiger partial charge in [-0.15, -0.1) is 5.10 Å². The van der Waals surface area contributed by atoms with Gasteiger partial charge in [-0.05, 0) is 61.4 Å². The van der Waals surface area contributed by atoms with Gasteiger partial charge >= 0.3 is 11.7 Å². The number of hydrazine groups is 1. The molecule has 8 heteroatoms. The van der Waals surface area contributed by atoms with Gasteiger partial charge in [0.05, 0.1) is 24.4 Å². The molecule has 0 amide bonds. The molecule has 0 radical (unpaired) electrons. The number of aryl methyl sites for hydroxylation is 2. The van der Waals surface area contributed by atoms with Crippen LogP contribution in [0.5, 0.6) is 5.75 Å². The van der Waals surface area contributed by atoms with Gasteiger partial charge in [-0.1, -0.05) is 42.5 Å². The Hall–Kier alpha value is -4.72. The van der Waals surface area contributed by atoms with Crippen molar-refractivity contribution in [2.45, 2.75) is 26.7 Å². The van der Waals surface area contributed by atoms with Gasteiger partial charge in [0.1, 0.15) is 11.5 Å². The number of carbonyl (C=O) groups is 1. The second kappa shape index (κ2) is 11.8. The van der Waals surface area contributed by atoms with Gasteiger partial charge in [0.15, 0.2) is 0 Å². The molecule has 37 heavy (non-hydrogen) atoms. The Morgan fingerprint density at radius 2 is 1.84 bits per heavy atom. The summed E-state index contributed by atoms with van der Waals surface area (Å²) in [4.78, 5) is 16.2. The summed E-state index contributed by atoms with van der Waals surface area (Å²) in [5.74, 6) is 0.833. The number of aliphatic carboxylic acids is 1. The van der Waals surface area contributed by atoms with Crippen LogP contribution in [0.3, 0.4) is 0 Å². The molecule has 0 fully saturated rings. The zero-order chi connectivity index (χ0) is 26.2. The van der Waals surface area contributed by atoms with Gasteiger partial charge < -0.3 is 14.3 Å². The number of ether oxygens (including phenoxy) is 1. The van der Waals surface area contributed by atoms with Gasteiger partial charge in [-0.2, -0.15) is 5.43 Å². The van der Waals surface area contributed by atoms with Crippen LogP contribution >= 0.6 is 0 Å². The molecule has 0 bridgehead atoms. The van der Waals surface area contributed by atoms with E-state index >= 15 is 0 Å². The molecule has 0 atom stereocenters. The number of hydrogen-bond acceptors (Lipinski definition) is 5. The summed E-state index contributed by atoms with van der Waals surface area (Å²) >= 11 is 0. The first-order chi connectivity index (χ1) is 17.9. The maximum atomic E-state index is 11.6. The molecular weight excluding hydrogens is 468 g/mol. The molecule has 8 nitrogen and oxygen atoms in total. The Balaban J connectivity index is 1.41. The maximum absolute atomic E-state index is 11.6. The fourth-order valence-corrected chi connectivity index (χ4v) is 3.79. The smallest absolute Gasteiger partial charge is 0.407 e. The second-order valence-corrected chi connectivity index (χ2v) is 8.63. The third kappa shape index (κ3) is 6.91. The Bertz CT molecular complexity index is 1430. The molecule has 0 aliphatic heterocycles. The van der Waals surface area contributed by atoms with E-state index in [1.54, 1.807) is 0 Å². The van der Waals surface area contributed by atoms with Crippen LogP contribution < -0.4 is 20.7 Å². The number of hydrogen-bond donors (Lipinski definition) is 4. The standard InChI is InChI=1S/C29H28N4O4/c1-19-8-6-12-23(16-19)32-33-26(27(30)29(34)35)18-21-9-7-13-24(17-21)36-15-14-25-20(2)37-28(31-25)22-10-4-3-5-11-22/h3-13,16-17,30,32H,14-15,18H2,1-2H3,(H,34,35)/p+2/b30-27?,33-26-. The number of hydrazone groups is 1. The molecule has 0 saturated heterocycles. The molecule has 4 rings (SSSR count). The van der Waals surface area contributed by atoms with Crippen molar-refractivity contribution in [1.82, 2.24) is 4.98 Å². The lowest BCUT2D eigenvalue weighted by Gasteiger charge is -2.07. The largest absolute Gasteiger partial charge is 0.493 e. The van der Waals surface area contributed by atoms with Crippen molar-refractivity contribution < 1.29 is 29.6 Å². The average molecular weight is 499 g/mol. The molecular formula is C29H30N4O4+2. The van der Waals surface area contributed by atoms with Crippen LogP contribution in [0, 0.1) is 13.8 Å². The zero-order valence-corrected chi connectivity index (χ0v) is 20.8. The zero-order valence-electron chi connectivity index (χ0n) is 20.8. The predicted octanol–water partition coefficient (Wildman–Crippen LogP) is 1.96. The summed E-state index contributed by atoms with van der Waals surface area (Å²) in [6, 6.07) is 25.0. The Morgan fingerprint density at radius 3 is 2.59 bits per heavy atom. The van der Waals surface area contributed by atoms with E-state index in [1.165, 1.54) is 0 Å². The van der Waals surface area contributed by atoms with Gasteiger partial charge in [0, 0.05) is 12.0 Å². The lowest BCUT2D eigenvalue weighted by molar-refractivity contribution is -0.419. The highest BCUT2D eigenvalue weighted by molar-refractivity contribution is 6.62. The van der Waals surface area contributed by atoms with E-state index in [4.69, 9.17) is 14.6 Å². The lowest BCUT2D eigenvalue weighted by Crippen LogP contribution is -2.82. The molecule has 3 aromatic carbocycles.